The Morgan fingerprint density at radius 3 is 2.89 bits per heavy atom. The molecule has 4 N–H and O–H groups in total. The number of nitrogens with zero attached hydrogens (tertiary/aromatic N) is 1. The molecule has 0 aliphatic carbocycles. The van der Waals surface area contributed by atoms with Crippen molar-refractivity contribution < 1.29 is 9.59 Å². The van der Waals surface area contributed by atoms with Gasteiger partial charge in [0.25, 0.3) is 0 Å². The average Bonchev–Trinajstić information content (AvgIpc) is 2.29. The summed E-state index contributed by atoms with van der Waals surface area (Å²) in [6.07, 6.45) is 3.95. The van der Waals surface area contributed by atoms with E-state index in [-0.39, 0.29) is 18.5 Å². The van der Waals surface area contributed by atoms with E-state index in [0.29, 0.717) is 6.54 Å². The van der Waals surface area contributed by atoms with Gasteiger partial charge in [0.15, 0.2) is 0 Å². The van der Waals surface area contributed by atoms with E-state index in [0.717, 1.165) is 38.8 Å². The van der Waals surface area contributed by atoms with E-state index in [9.17, 15) is 9.59 Å². The highest BCUT2D eigenvalue weighted by Crippen LogP contribution is 2.07. The number of nitrogens with one attached hydrogen (secondary N) is 2. The molecule has 1 saturated heterocycles. The molecule has 6 nitrogen and oxygen atoms in total. The third-order valence-electron chi connectivity index (χ3n) is 2.98. The Hall–Kier alpha value is -1.14. The van der Waals surface area contributed by atoms with Crippen molar-refractivity contribution in [3.05, 3.63) is 0 Å². The van der Waals surface area contributed by atoms with E-state index in [1.165, 1.54) is 0 Å². The molecule has 3 amide bonds. The minimum Gasteiger partial charge on any atom is -0.338 e. The summed E-state index contributed by atoms with van der Waals surface area (Å²) in [7, 11) is 0. The fourth-order valence-corrected chi connectivity index (χ4v) is 2.03. The normalized spacial score (nSPS) is 20.4. The summed E-state index contributed by atoms with van der Waals surface area (Å²) in [5.41, 5.74) is 5.83. The Morgan fingerprint density at radius 2 is 2.22 bits per heavy atom. The number of rotatable bonds is 5. The second-order valence-corrected chi connectivity index (χ2v) is 4.80. The summed E-state index contributed by atoms with van der Waals surface area (Å²) in [5.74, 6) is -0.266. The van der Waals surface area contributed by atoms with E-state index in [1.807, 2.05) is 11.8 Å². The van der Waals surface area contributed by atoms with Gasteiger partial charge in [-0.15, -0.1) is 0 Å². The molecule has 104 valence electrons. The van der Waals surface area contributed by atoms with Gasteiger partial charge in [-0.05, 0) is 25.8 Å². The van der Waals surface area contributed by atoms with Crippen LogP contribution in [0.2, 0.25) is 0 Å². The SMILES string of the molecule is CCCCNC(=O)NC(=O)CN1CCCC(N)C1. The molecule has 0 aromatic rings. The first-order valence-corrected chi connectivity index (χ1v) is 6.67. The van der Waals surface area contributed by atoms with Crippen LogP contribution in [-0.2, 0) is 4.79 Å². The number of nitrogens with two attached hydrogens (primary N) is 1. The number of imide groups is 1. The first kappa shape index (κ1) is 14.9. The molecule has 1 fully saturated rings. The molecule has 1 aliphatic rings. The molecule has 6 heteroatoms. The molecular formula is C12H24N4O2. The summed E-state index contributed by atoms with van der Waals surface area (Å²) in [5, 5.41) is 4.98. The fraction of sp³-hybridized carbons (Fsp3) is 0.833. The third-order valence-corrected chi connectivity index (χ3v) is 2.98. The fourth-order valence-electron chi connectivity index (χ4n) is 2.03. The minimum absolute atomic E-state index is 0.143. The van der Waals surface area contributed by atoms with Crippen LogP contribution in [0.3, 0.4) is 0 Å². The molecule has 1 rings (SSSR count). The van der Waals surface area contributed by atoms with Gasteiger partial charge < -0.3 is 11.1 Å². The molecule has 1 atom stereocenters. The third kappa shape index (κ3) is 5.97. The van der Waals surface area contributed by atoms with Crippen LogP contribution < -0.4 is 16.4 Å². The second kappa shape index (κ2) is 8.05. The van der Waals surface area contributed by atoms with Crippen LogP contribution in [0.15, 0.2) is 0 Å². The van der Waals surface area contributed by atoms with Crippen LogP contribution in [0.4, 0.5) is 4.79 Å². The number of urea groups is 1. The molecule has 1 aliphatic heterocycles. The van der Waals surface area contributed by atoms with Gasteiger partial charge in [-0.3, -0.25) is 15.0 Å². The largest absolute Gasteiger partial charge is 0.338 e. The van der Waals surface area contributed by atoms with Crippen LogP contribution in [0.1, 0.15) is 32.6 Å². The van der Waals surface area contributed by atoms with E-state index in [4.69, 9.17) is 5.73 Å². The van der Waals surface area contributed by atoms with Gasteiger partial charge in [0.2, 0.25) is 5.91 Å². The highest BCUT2D eigenvalue weighted by atomic mass is 16.2. The molecule has 0 saturated carbocycles. The molecule has 0 radical (unpaired) electrons. The highest BCUT2D eigenvalue weighted by Gasteiger charge is 2.19. The van der Waals surface area contributed by atoms with Gasteiger partial charge in [-0.1, -0.05) is 13.3 Å². The first-order valence-electron chi connectivity index (χ1n) is 6.67. The lowest BCUT2D eigenvalue weighted by Gasteiger charge is -2.29. The van der Waals surface area contributed by atoms with Crippen LogP contribution >= 0.6 is 0 Å². The van der Waals surface area contributed by atoms with E-state index < -0.39 is 6.03 Å². The van der Waals surface area contributed by atoms with Crippen molar-refractivity contribution in [1.82, 2.24) is 15.5 Å². The van der Waals surface area contributed by atoms with E-state index in [1.54, 1.807) is 0 Å². The maximum absolute atomic E-state index is 11.6. The summed E-state index contributed by atoms with van der Waals surface area (Å²) in [4.78, 5) is 24.9. The van der Waals surface area contributed by atoms with Crippen LogP contribution in [0.25, 0.3) is 0 Å². The Bertz CT molecular complexity index is 283. The lowest BCUT2D eigenvalue weighted by atomic mass is 10.1. The lowest BCUT2D eigenvalue weighted by Crippen LogP contribution is -2.49. The molecule has 0 spiro atoms. The standard InChI is InChI=1S/C12H24N4O2/c1-2-3-6-14-12(18)15-11(17)9-16-7-4-5-10(13)8-16/h10H,2-9,13H2,1H3,(H2,14,15,17,18). The quantitative estimate of drug-likeness (QED) is 0.606. The number of piperidine rings is 1. The first-order chi connectivity index (χ1) is 8.61. The number of carbonyl (C=O) groups excluding carboxylic acids is 2. The number of carbonyl (C=O) groups is 2. The molecule has 0 aromatic heterocycles. The van der Waals surface area contributed by atoms with Gasteiger partial charge in [-0.25, -0.2) is 4.79 Å². The highest BCUT2D eigenvalue weighted by molar-refractivity contribution is 5.95. The van der Waals surface area contributed by atoms with Crippen LogP contribution in [0.5, 0.6) is 0 Å². The summed E-state index contributed by atoms with van der Waals surface area (Å²) in [6, 6.07) is -0.264. The number of unbranched alkanes of at least 4 members (excludes halogenated alkanes) is 1. The summed E-state index contributed by atoms with van der Waals surface area (Å²) >= 11 is 0. The summed E-state index contributed by atoms with van der Waals surface area (Å²) in [6.45, 7) is 4.49. The van der Waals surface area contributed by atoms with Crippen molar-refractivity contribution >= 4 is 11.9 Å². The zero-order valence-corrected chi connectivity index (χ0v) is 11.1. The van der Waals surface area contributed by atoms with E-state index >= 15 is 0 Å². The molecule has 1 heterocycles. The van der Waals surface area contributed by atoms with Gasteiger partial charge in [0, 0.05) is 19.1 Å². The van der Waals surface area contributed by atoms with Gasteiger partial charge in [-0.2, -0.15) is 0 Å². The zero-order valence-electron chi connectivity index (χ0n) is 11.1. The molecule has 0 aromatic carbocycles. The number of amides is 3. The van der Waals surface area contributed by atoms with Crippen molar-refractivity contribution in [2.24, 2.45) is 5.73 Å². The molecular weight excluding hydrogens is 232 g/mol. The molecule has 1 unspecified atom stereocenters. The Labute approximate surface area is 108 Å². The maximum Gasteiger partial charge on any atom is 0.321 e. The number of likely N-dealkylation sites (tertiary alicyclic amines) is 1. The van der Waals surface area contributed by atoms with Gasteiger partial charge >= 0.3 is 6.03 Å². The van der Waals surface area contributed by atoms with Crippen LogP contribution in [-0.4, -0.2) is 49.1 Å². The smallest absolute Gasteiger partial charge is 0.321 e. The minimum atomic E-state index is -0.408. The van der Waals surface area contributed by atoms with Crippen molar-refractivity contribution in [1.29, 1.82) is 0 Å². The van der Waals surface area contributed by atoms with Gasteiger partial charge in [0.05, 0.1) is 6.54 Å². The second-order valence-electron chi connectivity index (χ2n) is 4.80. The lowest BCUT2D eigenvalue weighted by molar-refractivity contribution is -0.121. The Morgan fingerprint density at radius 1 is 1.44 bits per heavy atom. The van der Waals surface area contributed by atoms with Gasteiger partial charge in [0.1, 0.15) is 0 Å². The maximum atomic E-state index is 11.6. The zero-order chi connectivity index (χ0) is 13.4. The monoisotopic (exact) mass is 256 g/mol. The number of hydrogen-bond donors (Lipinski definition) is 3. The van der Waals surface area contributed by atoms with E-state index in [2.05, 4.69) is 10.6 Å². The topological polar surface area (TPSA) is 87.5 Å². The van der Waals surface area contributed by atoms with Crippen molar-refractivity contribution in [3.8, 4) is 0 Å². The van der Waals surface area contributed by atoms with Crippen molar-refractivity contribution in [2.45, 2.75) is 38.6 Å². The molecule has 18 heavy (non-hydrogen) atoms. The Balaban J connectivity index is 2.18. The predicted octanol–water partition coefficient (Wildman–Crippen LogP) is 0.0354. The average molecular weight is 256 g/mol. The Kier molecular flexibility index (Phi) is 6.67. The number of hydrogen-bond acceptors (Lipinski definition) is 4. The summed E-state index contributed by atoms with van der Waals surface area (Å²) < 4.78 is 0. The molecule has 0 bridgehead atoms. The predicted molar refractivity (Wildman–Crippen MR) is 70.1 cm³/mol. The van der Waals surface area contributed by atoms with Crippen molar-refractivity contribution in [2.75, 3.05) is 26.2 Å². The van der Waals surface area contributed by atoms with Crippen LogP contribution in [0, 0.1) is 0 Å². The van der Waals surface area contributed by atoms with Crippen molar-refractivity contribution in [3.63, 3.8) is 0 Å².